The van der Waals surface area contributed by atoms with E-state index < -0.39 is 5.97 Å². The molecule has 2 aromatic rings. The van der Waals surface area contributed by atoms with E-state index in [1.54, 1.807) is 0 Å². The molecule has 0 saturated heterocycles. The number of rotatable bonds is 1. The number of nitrogens with zero attached hydrogens (tertiary/aromatic N) is 1. The number of benzene rings is 1. The Morgan fingerprint density at radius 3 is 2.89 bits per heavy atom. The maximum atomic E-state index is 11.5. The Morgan fingerprint density at radius 1 is 1.47 bits per heavy atom. The van der Waals surface area contributed by atoms with Gasteiger partial charge in [0.2, 0.25) is 0 Å². The molecule has 4 heteroatoms. The number of aliphatic carboxylic acids is 1. The number of hydrogen-bond acceptors (Lipinski definition) is 1. The minimum atomic E-state index is -0.726. The molecule has 1 atom stereocenters. The van der Waals surface area contributed by atoms with E-state index in [0.29, 0.717) is 0 Å². The van der Waals surface area contributed by atoms with Gasteiger partial charge in [-0.05, 0) is 43.4 Å². The molecule has 1 aromatic heterocycles. The van der Waals surface area contributed by atoms with E-state index in [9.17, 15) is 9.90 Å². The molecule has 1 N–H and O–H groups in total. The van der Waals surface area contributed by atoms with Crippen LogP contribution in [0.4, 0.5) is 0 Å². The number of aryl methyl sites for hydroxylation is 3. The SMILES string of the molecule is Cc1c(Cl)ccc2c3c(n(C)c12)C(C(=O)O)CCC3. The summed E-state index contributed by atoms with van der Waals surface area (Å²) in [4.78, 5) is 11.5. The highest BCUT2D eigenvalue weighted by molar-refractivity contribution is 6.32. The van der Waals surface area contributed by atoms with Crippen molar-refractivity contribution in [2.75, 3.05) is 0 Å². The lowest BCUT2D eigenvalue weighted by atomic mass is 9.86. The fourth-order valence-electron chi connectivity index (χ4n) is 3.38. The second kappa shape index (κ2) is 4.27. The Balaban J connectivity index is 2.39. The van der Waals surface area contributed by atoms with Crippen LogP contribution < -0.4 is 0 Å². The summed E-state index contributed by atoms with van der Waals surface area (Å²) >= 11 is 6.19. The summed E-state index contributed by atoms with van der Waals surface area (Å²) in [7, 11) is 1.95. The molecule has 1 aromatic carbocycles. The van der Waals surface area contributed by atoms with Crippen molar-refractivity contribution in [1.29, 1.82) is 0 Å². The summed E-state index contributed by atoms with van der Waals surface area (Å²) in [6.45, 7) is 1.99. The van der Waals surface area contributed by atoms with E-state index in [1.165, 1.54) is 5.56 Å². The van der Waals surface area contributed by atoms with Crippen LogP contribution in [0.2, 0.25) is 5.02 Å². The molecule has 0 radical (unpaired) electrons. The van der Waals surface area contributed by atoms with Crippen LogP contribution in [-0.2, 0) is 18.3 Å². The lowest BCUT2D eigenvalue weighted by Crippen LogP contribution is -2.20. The van der Waals surface area contributed by atoms with Gasteiger partial charge in [-0.2, -0.15) is 0 Å². The van der Waals surface area contributed by atoms with Crippen molar-refractivity contribution in [3.63, 3.8) is 0 Å². The lowest BCUT2D eigenvalue weighted by Gasteiger charge is -2.21. The van der Waals surface area contributed by atoms with Crippen molar-refractivity contribution >= 4 is 28.5 Å². The predicted octanol–water partition coefficient (Wildman–Crippen LogP) is 3.64. The lowest BCUT2D eigenvalue weighted by molar-refractivity contribution is -0.139. The summed E-state index contributed by atoms with van der Waals surface area (Å²) in [5.41, 5.74) is 4.25. The van der Waals surface area contributed by atoms with Gasteiger partial charge in [-0.25, -0.2) is 0 Å². The fourth-order valence-corrected chi connectivity index (χ4v) is 3.53. The molecule has 0 spiro atoms. The van der Waals surface area contributed by atoms with Crippen LogP contribution in [0.5, 0.6) is 0 Å². The first-order valence-electron chi connectivity index (χ1n) is 6.51. The zero-order valence-electron chi connectivity index (χ0n) is 11.0. The second-order valence-corrected chi connectivity index (χ2v) is 5.68. The zero-order valence-corrected chi connectivity index (χ0v) is 11.8. The molecule has 100 valence electrons. The van der Waals surface area contributed by atoms with E-state index in [4.69, 9.17) is 11.6 Å². The first kappa shape index (κ1) is 12.5. The van der Waals surface area contributed by atoms with E-state index in [-0.39, 0.29) is 5.92 Å². The molecule has 0 fully saturated rings. The molecule has 0 amide bonds. The quantitative estimate of drug-likeness (QED) is 0.865. The molecule has 1 aliphatic rings. The van der Waals surface area contributed by atoms with Crippen LogP contribution in [0.3, 0.4) is 0 Å². The van der Waals surface area contributed by atoms with Crippen LogP contribution in [0.1, 0.15) is 35.6 Å². The highest BCUT2D eigenvalue weighted by Gasteiger charge is 2.31. The number of halogens is 1. The molecule has 3 nitrogen and oxygen atoms in total. The molecule has 19 heavy (non-hydrogen) atoms. The maximum absolute atomic E-state index is 11.5. The van der Waals surface area contributed by atoms with E-state index in [1.807, 2.05) is 30.7 Å². The molecule has 1 aliphatic carbocycles. The fraction of sp³-hybridized carbons (Fsp3) is 0.400. The third kappa shape index (κ3) is 1.68. The van der Waals surface area contributed by atoms with Crippen LogP contribution in [0.25, 0.3) is 10.9 Å². The normalized spacial score (nSPS) is 18.6. The Labute approximate surface area is 116 Å². The van der Waals surface area contributed by atoms with Gasteiger partial charge >= 0.3 is 5.97 Å². The molecule has 1 heterocycles. The second-order valence-electron chi connectivity index (χ2n) is 5.27. The average Bonchev–Trinajstić information content (AvgIpc) is 2.68. The van der Waals surface area contributed by atoms with Gasteiger partial charge in [0.25, 0.3) is 0 Å². The minimum Gasteiger partial charge on any atom is -0.481 e. The summed E-state index contributed by atoms with van der Waals surface area (Å²) in [5, 5.41) is 11.3. The third-order valence-corrected chi connectivity index (χ3v) is 4.65. The van der Waals surface area contributed by atoms with Gasteiger partial charge < -0.3 is 9.67 Å². The van der Waals surface area contributed by atoms with Gasteiger partial charge in [0.05, 0.1) is 11.4 Å². The van der Waals surface area contributed by atoms with Crippen LogP contribution in [0, 0.1) is 6.92 Å². The highest BCUT2D eigenvalue weighted by atomic mass is 35.5. The topological polar surface area (TPSA) is 42.2 Å². The van der Waals surface area contributed by atoms with Gasteiger partial charge in [-0.3, -0.25) is 4.79 Å². The highest BCUT2D eigenvalue weighted by Crippen LogP contribution is 2.40. The maximum Gasteiger partial charge on any atom is 0.312 e. The molecule has 0 aliphatic heterocycles. The number of fused-ring (bicyclic) bond motifs is 3. The predicted molar refractivity (Wildman–Crippen MR) is 76.0 cm³/mol. The van der Waals surface area contributed by atoms with Crippen molar-refractivity contribution < 1.29 is 9.90 Å². The Morgan fingerprint density at radius 2 is 2.21 bits per heavy atom. The number of hydrogen-bond donors (Lipinski definition) is 1. The van der Waals surface area contributed by atoms with Gasteiger partial charge in [0.1, 0.15) is 0 Å². The smallest absolute Gasteiger partial charge is 0.312 e. The van der Waals surface area contributed by atoms with Gasteiger partial charge in [-0.1, -0.05) is 17.7 Å². The number of carboxylic acids is 1. The molecule has 0 bridgehead atoms. The summed E-state index contributed by atoms with van der Waals surface area (Å²) in [6.07, 6.45) is 2.61. The minimum absolute atomic E-state index is 0.390. The average molecular weight is 278 g/mol. The monoisotopic (exact) mass is 277 g/mol. The first-order chi connectivity index (χ1) is 9.02. The van der Waals surface area contributed by atoms with Crippen molar-refractivity contribution in [2.45, 2.75) is 32.1 Å². The summed E-state index contributed by atoms with van der Waals surface area (Å²) in [6, 6.07) is 3.93. The molecule has 1 unspecified atom stereocenters. The van der Waals surface area contributed by atoms with Crippen LogP contribution in [0.15, 0.2) is 12.1 Å². The summed E-state index contributed by atoms with van der Waals surface area (Å²) < 4.78 is 2.03. The first-order valence-corrected chi connectivity index (χ1v) is 6.89. The third-order valence-electron chi connectivity index (χ3n) is 4.24. The van der Waals surface area contributed by atoms with Gasteiger partial charge in [-0.15, -0.1) is 0 Å². The standard InChI is InChI=1S/C15H16ClNO2/c1-8-12(16)7-6-10-9-4-3-5-11(15(18)19)14(9)17(2)13(8)10/h6-7,11H,3-5H2,1-2H3,(H,18,19). The number of carboxylic acid groups (broad SMARTS) is 1. The molecule has 3 rings (SSSR count). The van der Waals surface area contributed by atoms with Crippen LogP contribution >= 0.6 is 11.6 Å². The zero-order chi connectivity index (χ0) is 13.7. The largest absolute Gasteiger partial charge is 0.481 e. The Hall–Kier alpha value is -1.48. The molecular weight excluding hydrogens is 262 g/mol. The van der Waals surface area contributed by atoms with Crippen molar-refractivity contribution in [2.24, 2.45) is 7.05 Å². The van der Waals surface area contributed by atoms with E-state index in [0.717, 1.165) is 46.4 Å². The molecule has 0 saturated carbocycles. The van der Waals surface area contributed by atoms with E-state index >= 15 is 0 Å². The van der Waals surface area contributed by atoms with E-state index in [2.05, 4.69) is 0 Å². The van der Waals surface area contributed by atoms with Gasteiger partial charge in [0.15, 0.2) is 0 Å². The molecular formula is C15H16ClNO2. The number of carbonyl (C=O) groups is 1. The van der Waals surface area contributed by atoms with Crippen molar-refractivity contribution in [3.05, 3.63) is 34.0 Å². The Kier molecular flexibility index (Phi) is 2.82. The van der Waals surface area contributed by atoms with Crippen LogP contribution in [-0.4, -0.2) is 15.6 Å². The Bertz CT molecular complexity index is 687. The van der Waals surface area contributed by atoms with Gasteiger partial charge in [0, 0.05) is 23.2 Å². The number of aromatic nitrogens is 1. The van der Waals surface area contributed by atoms with Crippen molar-refractivity contribution in [1.82, 2.24) is 4.57 Å². The van der Waals surface area contributed by atoms with Crippen molar-refractivity contribution in [3.8, 4) is 0 Å². The summed E-state index contributed by atoms with van der Waals surface area (Å²) in [5.74, 6) is -1.12.